The third-order valence-electron chi connectivity index (χ3n) is 3.08. The maximum atomic E-state index is 11.4. The molecule has 3 nitrogen and oxygen atoms in total. The lowest BCUT2D eigenvalue weighted by atomic mass is 10.1. The molecular formula is C13H23NO2. The largest absolute Gasteiger partial charge is 0.373 e. The standard InChI is InChI=1S/C13H23NO2/c1-4-7-11(5-2)16-12-8-9-14(10-12)13(15)6-3/h6,11-12H,3-5,7-10H2,1-2H3/t11?,12-/m1/s1. The minimum Gasteiger partial charge on any atom is -0.373 e. The lowest BCUT2D eigenvalue weighted by molar-refractivity contribution is -0.125. The predicted molar refractivity (Wildman–Crippen MR) is 65.3 cm³/mol. The van der Waals surface area contributed by atoms with E-state index in [4.69, 9.17) is 4.74 Å². The van der Waals surface area contributed by atoms with Crippen molar-refractivity contribution >= 4 is 5.91 Å². The number of carbonyl (C=O) groups excluding carboxylic acids is 1. The molecule has 1 amide bonds. The summed E-state index contributed by atoms with van der Waals surface area (Å²) in [4.78, 5) is 13.2. The zero-order chi connectivity index (χ0) is 12.0. The second kappa shape index (κ2) is 6.69. The van der Waals surface area contributed by atoms with Gasteiger partial charge in [0.2, 0.25) is 5.91 Å². The van der Waals surface area contributed by atoms with E-state index < -0.39 is 0 Å². The van der Waals surface area contributed by atoms with Crippen LogP contribution in [0.25, 0.3) is 0 Å². The van der Waals surface area contributed by atoms with Crippen molar-refractivity contribution in [3.8, 4) is 0 Å². The van der Waals surface area contributed by atoms with Crippen LogP contribution < -0.4 is 0 Å². The van der Waals surface area contributed by atoms with Crippen molar-refractivity contribution in [2.45, 2.75) is 51.7 Å². The van der Waals surface area contributed by atoms with E-state index in [1.807, 2.05) is 4.90 Å². The lowest BCUT2D eigenvalue weighted by Gasteiger charge is -2.20. The van der Waals surface area contributed by atoms with Crippen LogP contribution in [0.4, 0.5) is 0 Å². The highest BCUT2D eigenvalue weighted by atomic mass is 16.5. The van der Waals surface area contributed by atoms with E-state index in [0.717, 1.165) is 38.8 Å². The fourth-order valence-electron chi connectivity index (χ4n) is 2.13. The minimum absolute atomic E-state index is 0.0228. The number of amides is 1. The minimum atomic E-state index is 0.0228. The normalized spacial score (nSPS) is 22.1. The molecule has 1 aliphatic heterocycles. The number of hydrogen-bond acceptors (Lipinski definition) is 2. The molecule has 16 heavy (non-hydrogen) atoms. The highest BCUT2D eigenvalue weighted by Crippen LogP contribution is 2.18. The van der Waals surface area contributed by atoms with Crippen LogP contribution in [0, 0.1) is 0 Å². The van der Waals surface area contributed by atoms with E-state index in [2.05, 4.69) is 20.4 Å². The Morgan fingerprint density at radius 1 is 1.62 bits per heavy atom. The molecule has 0 saturated carbocycles. The lowest BCUT2D eigenvalue weighted by Crippen LogP contribution is -2.30. The summed E-state index contributed by atoms with van der Waals surface area (Å²) >= 11 is 0. The molecule has 92 valence electrons. The molecule has 3 heteroatoms. The monoisotopic (exact) mass is 225 g/mol. The first kappa shape index (κ1) is 13.2. The van der Waals surface area contributed by atoms with Crippen molar-refractivity contribution in [2.75, 3.05) is 13.1 Å². The summed E-state index contributed by atoms with van der Waals surface area (Å²) in [5.41, 5.74) is 0. The van der Waals surface area contributed by atoms with Crippen LogP contribution in [0.2, 0.25) is 0 Å². The topological polar surface area (TPSA) is 29.5 Å². The molecule has 1 fully saturated rings. The van der Waals surface area contributed by atoms with Crippen molar-refractivity contribution in [2.24, 2.45) is 0 Å². The Bertz CT molecular complexity index is 240. The molecule has 0 aromatic rings. The van der Waals surface area contributed by atoms with Crippen LogP contribution in [-0.2, 0) is 9.53 Å². The summed E-state index contributed by atoms with van der Waals surface area (Å²) in [6, 6.07) is 0. The molecule has 2 atom stereocenters. The summed E-state index contributed by atoms with van der Waals surface area (Å²) in [5, 5.41) is 0. The van der Waals surface area contributed by atoms with E-state index >= 15 is 0 Å². The molecule has 1 saturated heterocycles. The molecule has 1 heterocycles. The summed E-state index contributed by atoms with van der Waals surface area (Å²) in [6.45, 7) is 9.37. The first-order valence-corrected chi connectivity index (χ1v) is 6.28. The SMILES string of the molecule is C=CC(=O)N1CC[C@@H](OC(CC)CCC)C1. The van der Waals surface area contributed by atoms with Gasteiger partial charge in [0, 0.05) is 13.1 Å². The number of ether oxygens (including phenoxy) is 1. The molecule has 0 radical (unpaired) electrons. The molecule has 0 aliphatic carbocycles. The molecule has 0 aromatic heterocycles. The fraction of sp³-hybridized carbons (Fsp3) is 0.769. The number of rotatable bonds is 6. The van der Waals surface area contributed by atoms with Crippen molar-refractivity contribution in [3.63, 3.8) is 0 Å². The molecule has 0 N–H and O–H groups in total. The summed E-state index contributed by atoms with van der Waals surface area (Å²) in [7, 11) is 0. The summed E-state index contributed by atoms with van der Waals surface area (Å²) in [6.07, 6.45) is 6.24. The van der Waals surface area contributed by atoms with Gasteiger partial charge in [-0.15, -0.1) is 0 Å². The van der Waals surface area contributed by atoms with E-state index in [-0.39, 0.29) is 12.0 Å². The van der Waals surface area contributed by atoms with Crippen LogP contribution in [0.5, 0.6) is 0 Å². The zero-order valence-corrected chi connectivity index (χ0v) is 10.4. The van der Waals surface area contributed by atoms with E-state index in [1.54, 1.807) is 0 Å². The van der Waals surface area contributed by atoms with Gasteiger partial charge in [0.05, 0.1) is 12.2 Å². The molecule has 1 aliphatic rings. The number of nitrogens with zero attached hydrogens (tertiary/aromatic N) is 1. The third-order valence-corrected chi connectivity index (χ3v) is 3.08. The van der Waals surface area contributed by atoms with E-state index in [0.29, 0.717) is 6.10 Å². The molecule has 0 aromatic carbocycles. The third kappa shape index (κ3) is 3.63. The smallest absolute Gasteiger partial charge is 0.246 e. The summed E-state index contributed by atoms with van der Waals surface area (Å²) < 4.78 is 6.00. The molecular weight excluding hydrogens is 202 g/mol. The Morgan fingerprint density at radius 2 is 2.38 bits per heavy atom. The van der Waals surface area contributed by atoms with Crippen LogP contribution in [-0.4, -0.2) is 36.1 Å². The zero-order valence-electron chi connectivity index (χ0n) is 10.4. The van der Waals surface area contributed by atoms with Crippen LogP contribution in [0.15, 0.2) is 12.7 Å². The second-order valence-electron chi connectivity index (χ2n) is 4.35. The first-order chi connectivity index (χ1) is 7.71. The van der Waals surface area contributed by atoms with Gasteiger partial charge in [0.1, 0.15) is 0 Å². The van der Waals surface area contributed by atoms with Gasteiger partial charge in [0.25, 0.3) is 0 Å². The van der Waals surface area contributed by atoms with Gasteiger partial charge in [-0.25, -0.2) is 0 Å². The number of hydrogen-bond donors (Lipinski definition) is 0. The highest BCUT2D eigenvalue weighted by Gasteiger charge is 2.26. The van der Waals surface area contributed by atoms with Gasteiger partial charge in [-0.05, 0) is 25.3 Å². The maximum Gasteiger partial charge on any atom is 0.246 e. The predicted octanol–water partition coefficient (Wildman–Crippen LogP) is 2.37. The Kier molecular flexibility index (Phi) is 5.53. The Labute approximate surface area is 98.5 Å². The first-order valence-electron chi connectivity index (χ1n) is 6.28. The molecule has 1 rings (SSSR count). The molecule has 1 unspecified atom stereocenters. The van der Waals surface area contributed by atoms with E-state index in [9.17, 15) is 4.79 Å². The van der Waals surface area contributed by atoms with Crippen LogP contribution in [0.1, 0.15) is 39.5 Å². The quantitative estimate of drug-likeness (QED) is 0.649. The molecule has 0 bridgehead atoms. The van der Waals surface area contributed by atoms with Gasteiger partial charge in [-0.3, -0.25) is 4.79 Å². The van der Waals surface area contributed by atoms with Crippen molar-refractivity contribution < 1.29 is 9.53 Å². The average Bonchev–Trinajstić information content (AvgIpc) is 2.76. The molecule has 0 spiro atoms. The van der Waals surface area contributed by atoms with Gasteiger partial charge in [-0.1, -0.05) is 26.8 Å². The Hall–Kier alpha value is -0.830. The van der Waals surface area contributed by atoms with Gasteiger partial charge >= 0.3 is 0 Å². The Balaban J connectivity index is 2.35. The van der Waals surface area contributed by atoms with Crippen LogP contribution >= 0.6 is 0 Å². The number of likely N-dealkylation sites (tertiary alicyclic amines) is 1. The number of carbonyl (C=O) groups is 1. The fourth-order valence-corrected chi connectivity index (χ4v) is 2.13. The van der Waals surface area contributed by atoms with E-state index in [1.165, 1.54) is 6.08 Å². The van der Waals surface area contributed by atoms with Crippen molar-refractivity contribution in [1.82, 2.24) is 4.90 Å². The Morgan fingerprint density at radius 3 is 2.94 bits per heavy atom. The van der Waals surface area contributed by atoms with Crippen molar-refractivity contribution in [1.29, 1.82) is 0 Å². The van der Waals surface area contributed by atoms with Gasteiger partial charge in [0.15, 0.2) is 0 Å². The van der Waals surface area contributed by atoms with Crippen LogP contribution in [0.3, 0.4) is 0 Å². The summed E-state index contributed by atoms with van der Waals surface area (Å²) in [5.74, 6) is 0.0228. The average molecular weight is 225 g/mol. The van der Waals surface area contributed by atoms with Gasteiger partial charge in [-0.2, -0.15) is 0 Å². The second-order valence-corrected chi connectivity index (χ2v) is 4.35. The van der Waals surface area contributed by atoms with Gasteiger partial charge < -0.3 is 9.64 Å². The van der Waals surface area contributed by atoms with Crippen molar-refractivity contribution in [3.05, 3.63) is 12.7 Å². The highest BCUT2D eigenvalue weighted by molar-refractivity contribution is 5.87. The maximum absolute atomic E-state index is 11.4.